The summed E-state index contributed by atoms with van der Waals surface area (Å²) in [4.78, 5) is 44.6. The second-order valence-electron chi connectivity index (χ2n) is 9.24. The van der Waals surface area contributed by atoms with Gasteiger partial charge in [-0.2, -0.15) is 0 Å². The molecule has 40 heavy (non-hydrogen) atoms. The molecule has 9 heteroatoms. The highest BCUT2D eigenvalue weighted by atomic mass is 16.6. The van der Waals surface area contributed by atoms with Crippen LogP contribution in [0.1, 0.15) is 33.2 Å². The Morgan fingerprint density at radius 3 is 2.40 bits per heavy atom. The van der Waals surface area contributed by atoms with Crippen LogP contribution < -0.4 is 15.4 Å². The minimum Gasteiger partial charge on any atom is -0.497 e. The molecular weight excluding hydrogens is 508 g/mol. The predicted octanol–water partition coefficient (Wildman–Crippen LogP) is 4.72. The fourth-order valence-electron chi connectivity index (χ4n) is 4.52. The summed E-state index contributed by atoms with van der Waals surface area (Å²) in [5.74, 6) is 0.0592. The molecule has 1 aliphatic heterocycles. The van der Waals surface area contributed by atoms with Crippen LogP contribution in [0.3, 0.4) is 0 Å². The van der Waals surface area contributed by atoms with Gasteiger partial charge in [0.05, 0.1) is 13.7 Å². The number of hydrogen-bond donors (Lipinski definition) is 2. The molecule has 0 radical (unpaired) electrons. The molecule has 1 fully saturated rings. The Kier molecular flexibility index (Phi) is 8.01. The van der Waals surface area contributed by atoms with E-state index in [1.165, 1.54) is 4.90 Å². The summed E-state index contributed by atoms with van der Waals surface area (Å²) in [6.07, 6.45) is 1.85. The molecule has 1 aromatic heterocycles. The third kappa shape index (κ3) is 6.10. The van der Waals surface area contributed by atoms with Gasteiger partial charge in [0.25, 0.3) is 5.91 Å². The van der Waals surface area contributed by atoms with Crippen molar-refractivity contribution in [1.82, 2.24) is 15.2 Å². The molecule has 2 heterocycles. The third-order valence-electron chi connectivity index (χ3n) is 6.59. The van der Waals surface area contributed by atoms with Crippen molar-refractivity contribution in [3.63, 3.8) is 0 Å². The number of amides is 3. The van der Waals surface area contributed by atoms with Gasteiger partial charge in [-0.15, -0.1) is 0 Å². The Bertz CT molecular complexity index is 1480. The van der Waals surface area contributed by atoms with E-state index >= 15 is 0 Å². The van der Waals surface area contributed by atoms with Crippen LogP contribution in [0, 0.1) is 0 Å². The lowest BCUT2D eigenvalue weighted by molar-refractivity contribution is -0.126. The number of carbonyl (C=O) groups excluding carboxylic acids is 3. The molecule has 2 unspecified atom stereocenters. The summed E-state index contributed by atoms with van der Waals surface area (Å²) >= 11 is 0. The quantitative estimate of drug-likeness (QED) is 0.320. The van der Waals surface area contributed by atoms with Crippen LogP contribution in [0.4, 0.5) is 10.5 Å². The van der Waals surface area contributed by atoms with Crippen molar-refractivity contribution in [2.24, 2.45) is 0 Å². The number of cyclic esters (lactones) is 1. The molecular formula is C31H28N4O5. The molecule has 2 N–H and O–H groups in total. The van der Waals surface area contributed by atoms with Gasteiger partial charge in [0.2, 0.25) is 5.91 Å². The lowest BCUT2D eigenvalue weighted by Gasteiger charge is -2.24. The summed E-state index contributed by atoms with van der Waals surface area (Å²) in [6, 6.07) is 25.8. The topological polar surface area (TPSA) is 110 Å². The Morgan fingerprint density at radius 1 is 0.925 bits per heavy atom. The largest absolute Gasteiger partial charge is 0.497 e. The van der Waals surface area contributed by atoms with Gasteiger partial charge >= 0.3 is 6.09 Å². The smallest absolute Gasteiger partial charge is 0.411 e. The number of hydrogen-bond acceptors (Lipinski definition) is 6. The maximum atomic E-state index is 13.6. The maximum absolute atomic E-state index is 13.6. The number of rotatable bonds is 9. The first-order chi connectivity index (χ1) is 19.5. The van der Waals surface area contributed by atoms with Gasteiger partial charge in [-0.1, -0.05) is 42.5 Å². The molecule has 3 aromatic carbocycles. The lowest BCUT2D eigenvalue weighted by atomic mass is 10.00. The van der Waals surface area contributed by atoms with Crippen molar-refractivity contribution in [3.05, 3.63) is 126 Å². The highest BCUT2D eigenvalue weighted by Crippen LogP contribution is 2.35. The number of ether oxygens (including phenoxy) is 2. The van der Waals surface area contributed by atoms with Gasteiger partial charge in [0, 0.05) is 30.2 Å². The van der Waals surface area contributed by atoms with Crippen molar-refractivity contribution < 1.29 is 23.9 Å². The number of carbonyl (C=O) groups is 3. The van der Waals surface area contributed by atoms with E-state index in [2.05, 4.69) is 15.6 Å². The average molecular weight is 537 g/mol. The van der Waals surface area contributed by atoms with E-state index in [-0.39, 0.29) is 24.9 Å². The van der Waals surface area contributed by atoms with Gasteiger partial charge in [-0.05, 0) is 65.2 Å². The molecule has 0 bridgehead atoms. The number of nitrogens with one attached hydrogen (secondary N) is 2. The SMILES string of the molecule is COc1cccc(CN2C(=O)OC(c3ccc(NC(=O)c4ccccc4)cc3)C2C(=O)NCc2ccncc2)c1. The zero-order valence-corrected chi connectivity index (χ0v) is 21.8. The second kappa shape index (κ2) is 12.1. The molecule has 0 aliphatic carbocycles. The van der Waals surface area contributed by atoms with Crippen LogP contribution in [0.5, 0.6) is 5.75 Å². The fourth-order valence-corrected chi connectivity index (χ4v) is 4.52. The summed E-state index contributed by atoms with van der Waals surface area (Å²) in [5, 5.41) is 5.79. The molecule has 9 nitrogen and oxygen atoms in total. The molecule has 202 valence electrons. The van der Waals surface area contributed by atoms with E-state index < -0.39 is 18.2 Å². The minimum atomic E-state index is -0.926. The van der Waals surface area contributed by atoms with Crippen molar-refractivity contribution in [3.8, 4) is 5.75 Å². The van der Waals surface area contributed by atoms with Crippen molar-refractivity contribution >= 4 is 23.6 Å². The molecule has 1 saturated heterocycles. The first-order valence-electron chi connectivity index (χ1n) is 12.7. The molecule has 0 saturated carbocycles. The van der Waals surface area contributed by atoms with E-state index in [4.69, 9.17) is 9.47 Å². The van der Waals surface area contributed by atoms with Crippen LogP contribution in [0.15, 0.2) is 103 Å². The van der Waals surface area contributed by atoms with Gasteiger partial charge in [0.1, 0.15) is 5.75 Å². The zero-order valence-electron chi connectivity index (χ0n) is 21.8. The summed E-state index contributed by atoms with van der Waals surface area (Å²) in [6.45, 7) is 0.432. The Hall–Kier alpha value is -5.18. The number of nitrogens with zero attached hydrogens (tertiary/aromatic N) is 2. The van der Waals surface area contributed by atoms with Crippen molar-refractivity contribution in [1.29, 1.82) is 0 Å². The highest BCUT2D eigenvalue weighted by molar-refractivity contribution is 6.04. The van der Waals surface area contributed by atoms with E-state index in [0.717, 1.165) is 11.1 Å². The van der Waals surface area contributed by atoms with Crippen LogP contribution in [0.2, 0.25) is 0 Å². The van der Waals surface area contributed by atoms with E-state index in [0.29, 0.717) is 22.6 Å². The molecule has 4 aromatic rings. The average Bonchev–Trinajstić information content (AvgIpc) is 3.32. The van der Waals surface area contributed by atoms with Crippen molar-refractivity contribution in [2.45, 2.75) is 25.2 Å². The first-order valence-corrected chi connectivity index (χ1v) is 12.7. The highest BCUT2D eigenvalue weighted by Gasteiger charge is 2.47. The standard InChI is InChI=1S/C31H28N4O5/c1-39-26-9-5-6-22(18-26)20-35-27(30(37)33-19-21-14-16-32-17-15-21)28(40-31(35)38)23-10-12-25(13-11-23)34-29(36)24-7-3-2-4-8-24/h2-18,27-28H,19-20H2,1H3,(H,33,37)(H,34,36). The summed E-state index contributed by atoms with van der Waals surface area (Å²) in [5.41, 5.74) is 3.42. The minimum absolute atomic E-state index is 0.158. The second-order valence-corrected chi connectivity index (χ2v) is 9.24. The van der Waals surface area contributed by atoms with Crippen molar-refractivity contribution in [2.75, 3.05) is 12.4 Å². The van der Waals surface area contributed by atoms with Gasteiger partial charge in [-0.25, -0.2) is 4.79 Å². The number of anilines is 1. The molecule has 1 aliphatic rings. The zero-order chi connectivity index (χ0) is 27.9. The van der Waals surface area contributed by atoms with Crippen LogP contribution in [0.25, 0.3) is 0 Å². The van der Waals surface area contributed by atoms with Crippen LogP contribution in [-0.2, 0) is 22.6 Å². The number of methoxy groups -OCH3 is 1. The summed E-state index contributed by atoms with van der Waals surface area (Å²) < 4.78 is 11.1. The Morgan fingerprint density at radius 2 is 1.68 bits per heavy atom. The van der Waals surface area contributed by atoms with Crippen LogP contribution >= 0.6 is 0 Å². The fraction of sp³-hybridized carbons (Fsp3) is 0.161. The van der Waals surface area contributed by atoms with Crippen LogP contribution in [-0.4, -0.2) is 40.9 Å². The van der Waals surface area contributed by atoms with E-state index in [1.807, 2.05) is 42.5 Å². The molecule has 2 atom stereocenters. The Labute approximate surface area is 231 Å². The molecule has 0 spiro atoms. The first kappa shape index (κ1) is 26.4. The van der Waals surface area contributed by atoms with Gasteiger partial charge in [-0.3, -0.25) is 19.5 Å². The maximum Gasteiger partial charge on any atom is 0.411 e. The number of benzene rings is 3. The van der Waals surface area contributed by atoms with E-state index in [1.54, 1.807) is 68.0 Å². The number of pyridine rings is 1. The number of aromatic nitrogens is 1. The molecule has 3 amide bonds. The van der Waals surface area contributed by atoms with E-state index in [9.17, 15) is 14.4 Å². The van der Waals surface area contributed by atoms with Gasteiger partial charge < -0.3 is 20.1 Å². The third-order valence-corrected chi connectivity index (χ3v) is 6.59. The van der Waals surface area contributed by atoms with Gasteiger partial charge in [0.15, 0.2) is 12.1 Å². The molecule has 5 rings (SSSR count). The normalized spacial score (nSPS) is 16.2. The predicted molar refractivity (Wildman–Crippen MR) is 148 cm³/mol. The lowest BCUT2D eigenvalue weighted by Crippen LogP contribution is -2.46. The summed E-state index contributed by atoms with van der Waals surface area (Å²) in [7, 11) is 1.57. The Balaban J connectivity index is 1.37. The monoisotopic (exact) mass is 536 g/mol.